The molecule has 21 heavy (non-hydrogen) atoms. The first-order valence-corrected chi connectivity index (χ1v) is 8.26. The van der Waals surface area contributed by atoms with Gasteiger partial charge in [0.25, 0.3) is 10.0 Å². The van der Waals surface area contributed by atoms with Crippen LogP contribution in [-0.2, 0) is 10.0 Å². The minimum absolute atomic E-state index is 0.262. The molecule has 5 heteroatoms. The van der Waals surface area contributed by atoms with Crippen LogP contribution in [0.3, 0.4) is 0 Å². The van der Waals surface area contributed by atoms with Crippen molar-refractivity contribution in [1.82, 2.24) is 0 Å². The number of hydrogen-bond donors (Lipinski definition) is 1. The number of nitrogens with two attached hydrogens (primary N) is 1. The topological polar surface area (TPSA) is 63.4 Å². The summed E-state index contributed by atoms with van der Waals surface area (Å²) in [5.74, 6) is 0. The van der Waals surface area contributed by atoms with Crippen LogP contribution in [0.4, 0.5) is 11.4 Å². The molecule has 0 saturated carbocycles. The molecule has 2 rings (SSSR count). The molecule has 2 aromatic rings. The standard InChI is InChI=1S/C16H20N2O2S/c1-4-18(14-7-5-6-12(2)10-14)21(19,20)15-8-9-16(17)13(3)11-15/h5-11H,4,17H2,1-3H3. The second-order valence-electron chi connectivity index (χ2n) is 5.03. The summed E-state index contributed by atoms with van der Waals surface area (Å²) in [4.78, 5) is 0.262. The minimum atomic E-state index is -3.58. The first-order chi connectivity index (χ1) is 9.86. The van der Waals surface area contributed by atoms with Gasteiger partial charge in [-0.2, -0.15) is 0 Å². The summed E-state index contributed by atoms with van der Waals surface area (Å²) >= 11 is 0. The van der Waals surface area contributed by atoms with E-state index in [1.807, 2.05) is 32.0 Å². The van der Waals surface area contributed by atoms with Crippen molar-refractivity contribution in [3.63, 3.8) is 0 Å². The average molecular weight is 304 g/mol. The van der Waals surface area contributed by atoms with E-state index in [1.54, 1.807) is 31.2 Å². The summed E-state index contributed by atoms with van der Waals surface area (Å²) in [6.07, 6.45) is 0. The van der Waals surface area contributed by atoms with Gasteiger partial charge in [0.15, 0.2) is 0 Å². The van der Waals surface area contributed by atoms with Crippen molar-refractivity contribution in [3.8, 4) is 0 Å². The van der Waals surface area contributed by atoms with Crippen LogP contribution >= 0.6 is 0 Å². The fraction of sp³-hybridized carbons (Fsp3) is 0.250. The van der Waals surface area contributed by atoms with Gasteiger partial charge < -0.3 is 5.73 Å². The normalized spacial score (nSPS) is 11.4. The SMILES string of the molecule is CCN(c1cccc(C)c1)S(=O)(=O)c1ccc(N)c(C)c1. The largest absolute Gasteiger partial charge is 0.399 e. The van der Waals surface area contributed by atoms with Gasteiger partial charge in [-0.1, -0.05) is 12.1 Å². The third-order valence-electron chi connectivity index (χ3n) is 3.41. The van der Waals surface area contributed by atoms with Gasteiger partial charge in [0.2, 0.25) is 0 Å². The number of benzene rings is 2. The highest BCUT2D eigenvalue weighted by molar-refractivity contribution is 7.92. The highest BCUT2D eigenvalue weighted by Crippen LogP contribution is 2.26. The molecule has 0 atom stereocenters. The van der Waals surface area contributed by atoms with E-state index in [0.29, 0.717) is 17.9 Å². The molecule has 112 valence electrons. The van der Waals surface area contributed by atoms with Crippen molar-refractivity contribution in [2.75, 3.05) is 16.6 Å². The molecule has 0 aliphatic heterocycles. The van der Waals surface area contributed by atoms with Gasteiger partial charge in [0.1, 0.15) is 0 Å². The average Bonchev–Trinajstić information content (AvgIpc) is 2.42. The van der Waals surface area contributed by atoms with Crippen LogP contribution in [0.15, 0.2) is 47.4 Å². The highest BCUT2D eigenvalue weighted by atomic mass is 32.2. The van der Waals surface area contributed by atoms with Crippen LogP contribution in [0, 0.1) is 13.8 Å². The summed E-state index contributed by atoms with van der Waals surface area (Å²) in [6.45, 7) is 5.94. The van der Waals surface area contributed by atoms with Crippen LogP contribution in [0.1, 0.15) is 18.1 Å². The molecule has 0 fully saturated rings. The molecule has 0 bridgehead atoms. The van der Waals surface area contributed by atoms with Gasteiger partial charge in [-0.05, 0) is 62.2 Å². The van der Waals surface area contributed by atoms with Gasteiger partial charge >= 0.3 is 0 Å². The number of aryl methyl sites for hydroxylation is 2. The van der Waals surface area contributed by atoms with Crippen LogP contribution in [0.5, 0.6) is 0 Å². The van der Waals surface area contributed by atoms with Gasteiger partial charge in [-0.3, -0.25) is 4.31 Å². The van der Waals surface area contributed by atoms with Crippen molar-refractivity contribution >= 4 is 21.4 Å². The van der Waals surface area contributed by atoms with E-state index in [-0.39, 0.29) is 4.90 Å². The van der Waals surface area contributed by atoms with E-state index >= 15 is 0 Å². The second-order valence-corrected chi connectivity index (χ2v) is 6.89. The Bertz CT molecular complexity index is 755. The third-order valence-corrected chi connectivity index (χ3v) is 5.31. The molecule has 0 aliphatic rings. The molecule has 0 radical (unpaired) electrons. The zero-order valence-electron chi connectivity index (χ0n) is 12.5. The van der Waals surface area contributed by atoms with E-state index < -0.39 is 10.0 Å². The van der Waals surface area contributed by atoms with Crippen molar-refractivity contribution in [3.05, 3.63) is 53.6 Å². The summed E-state index contributed by atoms with van der Waals surface area (Å²) in [6, 6.07) is 12.3. The quantitative estimate of drug-likeness (QED) is 0.883. The van der Waals surface area contributed by atoms with Crippen molar-refractivity contribution in [2.45, 2.75) is 25.7 Å². The Morgan fingerprint density at radius 3 is 2.38 bits per heavy atom. The maximum atomic E-state index is 12.8. The Balaban J connectivity index is 2.51. The molecule has 0 heterocycles. The molecule has 2 aromatic carbocycles. The minimum Gasteiger partial charge on any atom is -0.399 e. The summed E-state index contributed by atoms with van der Waals surface area (Å²) in [5.41, 5.74) is 8.81. The Morgan fingerprint density at radius 1 is 1.10 bits per heavy atom. The maximum Gasteiger partial charge on any atom is 0.264 e. The number of hydrogen-bond acceptors (Lipinski definition) is 3. The molecular formula is C16H20N2O2S. The number of rotatable bonds is 4. The number of sulfonamides is 1. The highest BCUT2D eigenvalue weighted by Gasteiger charge is 2.23. The lowest BCUT2D eigenvalue weighted by atomic mass is 10.2. The molecule has 0 saturated heterocycles. The molecule has 0 aliphatic carbocycles. The lowest BCUT2D eigenvalue weighted by Gasteiger charge is -2.23. The van der Waals surface area contributed by atoms with E-state index in [9.17, 15) is 8.42 Å². The molecule has 0 unspecified atom stereocenters. The van der Waals surface area contributed by atoms with Gasteiger partial charge in [0.05, 0.1) is 10.6 Å². The van der Waals surface area contributed by atoms with Crippen LogP contribution in [-0.4, -0.2) is 15.0 Å². The maximum absolute atomic E-state index is 12.8. The van der Waals surface area contributed by atoms with Crippen molar-refractivity contribution in [2.24, 2.45) is 0 Å². The Labute approximate surface area is 126 Å². The van der Waals surface area contributed by atoms with Gasteiger partial charge in [-0.25, -0.2) is 8.42 Å². The fourth-order valence-corrected chi connectivity index (χ4v) is 3.76. The number of anilines is 2. The molecule has 0 spiro atoms. The van der Waals surface area contributed by atoms with Crippen LogP contribution < -0.4 is 10.0 Å². The Morgan fingerprint density at radius 2 is 1.81 bits per heavy atom. The van der Waals surface area contributed by atoms with Crippen LogP contribution in [0.2, 0.25) is 0 Å². The van der Waals surface area contributed by atoms with E-state index in [1.165, 1.54) is 4.31 Å². The van der Waals surface area contributed by atoms with E-state index in [4.69, 9.17) is 5.73 Å². The summed E-state index contributed by atoms with van der Waals surface area (Å²) in [7, 11) is -3.58. The number of nitrogen functional groups attached to an aromatic ring is 1. The smallest absolute Gasteiger partial charge is 0.264 e. The summed E-state index contributed by atoms with van der Waals surface area (Å²) in [5, 5.41) is 0. The van der Waals surface area contributed by atoms with Gasteiger partial charge in [-0.15, -0.1) is 0 Å². The molecule has 4 nitrogen and oxygen atoms in total. The first kappa shape index (κ1) is 15.4. The van der Waals surface area contributed by atoms with E-state index in [2.05, 4.69) is 0 Å². The third kappa shape index (κ3) is 3.03. The fourth-order valence-electron chi connectivity index (χ4n) is 2.21. The zero-order valence-corrected chi connectivity index (χ0v) is 13.3. The molecule has 2 N–H and O–H groups in total. The van der Waals surface area contributed by atoms with Gasteiger partial charge in [0, 0.05) is 12.2 Å². The Kier molecular flexibility index (Phi) is 4.23. The van der Waals surface area contributed by atoms with Crippen molar-refractivity contribution < 1.29 is 8.42 Å². The van der Waals surface area contributed by atoms with E-state index in [0.717, 1.165) is 11.1 Å². The molecular weight excluding hydrogens is 284 g/mol. The second kappa shape index (κ2) is 5.77. The first-order valence-electron chi connectivity index (χ1n) is 6.82. The summed E-state index contributed by atoms with van der Waals surface area (Å²) < 4.78 is 27.1. The zero-order chi connectivity index (χ0) is 15.6. The Hall–Kier alpha value is -2.01. The predicted molar refractivity (Wildman–Crippen MR) is 87.0 cm³/mol. The predicted octanol–water partition coefficient (Wildman–Crippen LogP) is 3.10. The molecule has 0 amide bonds. The lowest BCUT2D eigenvalue weighted by molar-refractivity contribution is 0.592. The number of nitrogens with zero attached hydrogens (tertiary/aromatic N) is 1. The lowest BCUT2D eigenvalue weighted by Crippen LogP contribution is -2.30. The van der Waals surface area contributed by atoms with Crippen LogP contribution in [0.25, 0.3) is 0 Å². The molecule has 0 aromatic heterocycles. The monoisotopic (exact) mass is 304 g/mol. The van der Waals surface area contributed by atoms with Crippen molar-refractivity contribution in [1.29, 1.82) is 0 Å².